The van der Waals surface area contributed by atoms with Crippen molar-refractivity contribution in [2.75, 3.05) is 20.8 Å². The summed E-state index contributed by atoms with van der Waals surface area (Å²) in [5, 5.41) is 4.02. The van der Waals surface area contributed by atoms with Gasteiger partial charge in [0.05, 0.1) is 31.5 Å². The largest absolute Gasteiger partial charge is 0.493 e. The molecule has 0 aliphatic carbocycles. The molecule has 1 N–H and O–H groups in total. The van der Waals surface area contributed by atoms with Gasteiger partial charge >= 0.3 is 0 Å². The fourth-order valence-electron chi connectivity index (χ4n) is 2.18. The number of carbonyl (C=O) groups excluding carboxylic acids is 1. The summed E-state index contributed by atoms with van der Waals surface area (Å²) in [6.45, 7) is 2.41. The average Bonchev–Trinajstić information content (AvgIpc) is 2.63. The molecule has 0 bridgehead atoms. The van der Waals surface area contributed by atoms with E-state index in [0.29, 0.717) is 29.4 Å². The summed E-state index contributed by atoms with van der Waals surface area (Å²) < 4.78 is 17.6. The lowest BCUT2D eigenvalue weighted by atomic mass is 10.2. The lowest BCUT2D eigenvalue weighted by Crippen LogP contribution is -2.17. The van der Waals surface area contributed by atoms with Crippen molar-refractivity contribution >= 4 is 44.0 Å². The normalized spacial score (nSPS) is 10.7. The van der Waals surface area contributed by atoms with E-state index in [1.807, 2.05) is 19.1 Å². The van der Waals surface area contributed by atoms with Crippen LogP contribution in [0.5, 0.6) is 17.2 Å². The predicted octanol–water partition coefficient (Wildman–Crippen LogP) is 4.39. The number of rotatable bonds is 7. The second-order valence-corrected chi connectivity index (χ2v) is 6.78. The van der Waals surface area contributed by atoms with Crippen LogP contribution < -0.4 is 19.6 Å². The van der Waals surface area contributed by atoms with Crippen molar-refractivity contribution in [3.8, 4) is 17.2 Å². The zero-order valence-corrected chi connectivity index (χ0v) is 17.7. The quantitative estimate of drug-likeness (QED) is 0.466. The Hall–Kier alpha value is -2.06. The molecule has 0 radical (unpaired) electrons. The number of ether oxygens (including phenoxy) is 3. The molecule has 8 heteroatoms. The van der Waals surface area contributed by atoms with Crippen LogP contribution in [0.25, 0.3) is 0 Å². The number of hydrogen-bond donors (Lipinski definition) is 1. The third kappa shape index (κ3) is 4.98. The summed E-state index contributed by atoms with van der Waals surface area (Å²) in [5.41, 5.74) is 3.62. The van der Waals surface area contributed by atoms with Crippen molar-refractivity contribution in [2.45, 2.75) is 6.92 Å². The molecule has 0 heterocycles. The smallest absolute Gasteiger partial charge is 0.271 e. The molecule has 0 fully saturated rings. The molecular formula is C18H18Br2N2O4. The summed E-state index contributed by atoms with van der Waals surface area (Å²) in [5.74, 6) is 1.31. The Balaban J connectivity index is 2.17. The van der Waals surface area contributed by atoms with Crippen LogP contribution >= 0.6 is 31.9 Å². The van der Waals surface area contributed by atoms with Gasteiger partial charge in [-0.3, -0.25) is 4.79 Å². The molecular weight excluding hydrogens is 468 g/mol. The summed E-state index contributed by atoms with van der Waals surface area (Å²) in [7, 11) is 3.05. The Kier molecular flexibility index (Phi) is 7.47. The minimum atomic E-state index is -0.366. The number of hydrogen-bond acceptors (Lipinski definition) is 5. The van der Waals surface area contributed by atoms with Crippen molar-refractivity contribution in [1.29, 1.82) is 0 Å². The molecule has 138 valence electrons. The van der Waals surface area contributed by atoms with Crippen LogP contribution in [-0.4, -0.2) is 32.9 Å². The summed E-state index contributed by atoms with van der Waals surface area (Å²) in [6, 6.07) is 8.61. The summed E-state index contributed by atoms with van der Waals surface area (Å²) in [4.78, 5) is 12.3. The van der Waals surface area contributed by atoms with Crippen molar-refractivity contribution in [1.82, 2.24) is 5.43 Å². The first-order valence-corrected chi connectivity index (χ1v) is 9.26. The Labute approximate surface area is 168 Å². The van der Waals surface area contributed by atoms with E-state index < -0.39 is 0 Å². The monoisotopic (exact) mass is 484 g/mol. The van der Waals surface area contributed by atoms with Crippen molar-refractivity contribution in [3.05, 3.63) is 50.4 Å². The van der Waals surface area contributed by atoms with E-state index in [1.165, 1.54) is 20.4 Å². The van der Waals surface area contributed by atoms with Gasteiger partial charge in [-0.25, -0.2) is 5.43 Å². The molecule has 0 unspecified atom stereocenters. The molecule has 2 aromatic rings. The van der Waals surface area contributed by atoms with E-state index in [2.05, 4.69) is 42.4 Å². The van der Waals surface area contributed by atoms with Gasteiger partial charge in [-0.1, -0.05) is 15.9 Å². The highest BCUT2D eigenvalue weighted by atomic mass is 79.9. The van der Waals surface area contributed by atoms with Crippen molar-refractivity contribution < 1.29 is 19.0 Å². The number of halogens is 2. The molecule has 1 amide bonds. The highest BCUT2D eigenvalue weighted by molar-refractivity contribution is 9.11. The zero-order valence-electron chi connectivity index (χ0n) is 14.5. The van der Waals surface area contributed by atoms with Crippen LogP contribution in [0, 0.1) is 0 Å². The second kappa shape index (κ2) is 9.59. The van der Waals surface area contributed by atoms with E-state index in [1.54, 1.807) is 18.2 Å². The first-order chi connectivity index (χ1) is 12.5. The van der Waals surface area contributed by atoms with Crippen LogP contribution in [0.2, 0.25) is 0 Å². The van der Waals surface area contributed by atoms with Gasteiger partial charge in [0, 0.05) is 15.6 Å². The number of methoxy groups -OCH3 is 2. The fourth-order valence-corrected chi connectivity index (χ4v) is 3.55. The Morgan fingerprint density at radius 2 is 1.88 bits per heavy atom. The standard InChI is InChI=1S/C18H18Br2N2O4/c1-4-26-17-12(7-13(19)9-14(17)20)10-21-22-18(23)11-5-6-15(24-2)16(8-11)25-3/h5-10H,4H2,1-3H3,(H,22,23)/b21-10-. The van der Waals surface area contributed by atoms with E-state index in [9.17, 15) is 4.79 Å². The number of amides is 1. The van der Waals surface area contributed by atoms with Gasteiger partial charge in [0.1, 0.15) is 5.75 Å². The lowest BCUT2D eigenvalue weighted by molar-refractivity contribution is 0.0954. The molecule has 0 aliphatic rings. The number of nitrogens with one attached hydrogen (secondary N) is 1. The van der Waals surface area contributed by atoms with E-state index >= 15 is 0 Å². The third-order valence-electron chi connectivity index (χ3n) is 3.34. The minimum Gasteiger partial charge on any atom is -0.493 e. The first kappa shape index (κ1) is 20.3. The maximum Gasteiger partial charge on any atom is 0.271 e. The molecule has 26 heavy (non-hydrogen) atoms. The molecule has 0 atom stereocenters. The highest BCUT2D eigenvalue weighted by Gasteiger charge is 2.11. The van der Waals surface area contributed by atoms with E-state index in [0.717, 1.165) is 14.5 Å². The van der Waals surface area contributed by atoms with Gasteiger partial charge < -0.3 is 14.2 Å². The van der Waals surface area contributed by atoms with Crippen LogP contribution in [0.4, 0.5) is 0 Å². The van der Waals surface area contributed by atoms with Gasteiger partial charge in [0.15, 0.2) is 11.5 Å². The van der Waals surface area contributed by atoms with Crippen molar-refractivity contribution in [3.63, 3.8) is 0 Å². The van der Waals surface area contributed by atoms with Gasteiger partial charge in [0.25, 0.3) is 5.91 Å². The zero-order chi connectivity index (χ0) is 19.1. The van der Waals surface area contributed by atoms with Crippen LogP contribution in [0.3, 0.4) is 0 Å². The molecule has 0 saturated carbocycles. The maximum atomic E-state index is 12.3. The second-order valence-electron chi connectivity index (χ2n) is 5.01. The molecule has 0 spiro atoms. The number of carbonyl (C=O) groups is 1. The predicted molar refractivity (Wildman–Crippen MR) is 108 cm³/mol. The molecule has 0 saturated heterocycles. The van der Waals surface area contributed by atoms with Gasteiger partial charge in [-0.05, 0) is 53.2 Å². The number of hydrazone groups is 1. The number of nitrogens with zero attached hydrogens (tertiary/aromatic N) is 1. The molecule has 0 aliphatic heterocycles. The summed E-state index contributed by atoms with van der Waals surface area (Å²) >= 11 is 6.88. The van der Waals surface area contributed by atoms with E-state index in [4.69, 9.17) is 14.2 Å². The maximum absolute atomic E-state index is 12.3. The Bertz CT molecular complexity index is 825. The SMILES string of the molecule is CCOc1c(Br)cc(Br)cc1/C=N\NC(=O)c1ccc(OC)c(OC)c1. The van der Waals surface area contributed by atoms with Gasteiger partial charge in [-0.2, -0.15) is 5.10 Å². The molecule has 2 aromatic carbocycles. The fraction of sp³-hybridized carbons (Fsp3) is 0.222. The Morgan fingerprint density at radius 1 is 1.15 bits per heavy atom. The lowest BCUT2D eigenvalue weighted by Gasteiger charge is -2.10. The average molecular weight is 486 g/mol. The third-order valence-corrected chi connectivity index (χ3v) is 4.39. The topological polar surface area (TPSA) is 69.2 Å². The first-order valence-electron chi connectivity index (χ1n) is 7.67. The van der Waals surface area contributed by atoms with Gasteiger partial charge in [-0.15, -0.1) is 0 Å². The van der Waals surface area contributed by atoms with Crippen LogP contribution in [0.1, 0.15) is 22.8 Å². The van der Waals surface area contributed by atoms with E-state index in [-0.39, 0.29) is 5.91 Å². The number of benzene rings is 2. The van der Waals surface area contributed by atoms with Crippen LogP contribution in [-0.2, 0) is 0 Å². The highest BCUT2D eigenvalue weighted by Crippen LogP contribution is 2.32. The molecule has 2 rings (SSSR count). The summed E-state index contributed by atoms with van der Waals surface area (Å²) in [6.07, 6.45) is 1.53. The van der Waals surface area contributed by atoms with Gasteiger partial charge in [0.2, 0.25) is 0 Å². The Morgan fingerprint density at radius 3 is 2.54 bits per heavy atom. The minimum absolute atomic E-state index is 0.366. The van der Waals surface area contributed by atoms with Crippen LogP contribution in [0.15, 0.2) is 44.4 Å². The molecule has 0 aromatic heterocycles. The van der Waals surface area contributed by atoms with Crippen molar-refractivity contribution in [2.24, 2.45) is 5.10 Å². The molecule has 6 nitrogen and oxygen atoms in total.